The first-order valence-corrected chi connectivity index (χ1v) is 18.8. The average Bonchev–Trinajstić information content (AvgIpc) is 3.14. The number of hydrogen-bond donors (Lipinski definition) is 3. The van der Waals surface area contributed by atoms with Gasteiger partial charge >= 0.3 is 0 Å². The summed E-state index contributed by atoms with van der Waals surface area (Å²) in [5, 5.41) is 25.1. The van der Waals surface area contributed by atoms with Crippen molar-refractivity contribution in [2.24, 2.45) is 0 Å². The Labute approximate surface area is 319 Å². The second-order valence-corrected chi connectivity index (χ2v) is 13.6. The van der Waals surface area contributed by atoms with Crippen LogP contribution in [0.1, 0.15) is 35.1 Å². The number of β-amino-alcohol motifs (C(OH)–C–C–N with tert-alkyl or cyclic N) is 1. The number of piperidine rings is 2. The molecule has 0 amide bonds. The van der Waals surface area contributed by atoms with Gasteiger partial charge in [0.05, 0.1) is 19.3 Å². The van der Waals surface area contributed by atoms with Gasteiger partial charge in [0, 0.05) is 65.6 Å². The summed E-state index contributed by atoms with van der Waals surface area (Å²) in [5.74, 6) is -2.75. The highest BCUT2D eigenvalue weighted by Gasteiger charge is 2.45. The van der Waals surface area contributed by atoms with E-state index in [-0.39, 0.29) is 24.3 Å². The van der Waals surface area contributed by atoms with E-state index in [9.17, 15) is 27.8 Å². The van der Waals surface area contributed by atoms with Crippen LogP contribution in [0.2, 0.25) is 10.0 Å². The number of alkyl halides is 1. The van der Waals surface area contributed by atoms with Crippen LogP contribution in [-0.4, -0.2) is 66.2 Å². The zero-order valence-corrected chi connectivity index (χ0v) is 31.9. The Morgan fingerprint density at radius 3 is 1.87 bits per heavy atom. The van der Waals surface area contributed by atoms with Gasteiger partial charge in [0.15, 0.2) is 0 Å². The van der Waals surface area contributed by atoms with E-state index >= 15 is 0 Å². The smallest absolute Gasteiger partial charge is 0.131 e. The van der Waals surface area contributed by atoms with Gasteiger partial charge in [0.25, 0.3) is 0 Å². The Balaban J connectivity index is 0.000000267. The second kappa shape index (κ2) is 19.8. The van der Waals surface area contributed by atoms with E-state index in [1.807, 2.05) is 12.1 Å². The number of likely N-dealkylation sites (tertiary alicyclic amines) is 1. The topological polar surface area (TPSA) is 74.2 Å². The molecule has 282 valence electrons. The molecule has 0 spiro atoms. The van der Waals surface area contributed by atoms with E-state index in [1.54, 1.807) is 36.4 Å². The van der Waals surface area contributed by atoms with Gasteiger partial charge in [-0.05, 0) is 66.9 Å². The Bertz CT molecular complexity index is 1730. The van der Waals surface area contributed by atoms with E-state index in [0.717, 1.165) is 36.1 Å². The zero-order chi connectivity index (χ0) is 37.9. The van der Waals surface area contributed by atoms with Gasteiger partial charge in [-0.1, -0.05) is 59.6 Å². The molecule has 0 aliphatic carbocycles. The molecule has 2 fully saturated rings. The Morgan fingerprint density at radius 2 is 1.35 bits per heavy atom. The lowest BCUT2D eigenvalue weighted by molar-refractivity contribution is -0.177. The number of rotatable bonds is 9. The van der Waals surface area contributed by atoms with Crippen molar-refractivity contribution in [1.29, 1.82) is 0 Å². The fourth-order valence-electron chi connectivity index (χ4n) is 6.23. The number of aliphatic hydroxyl groups is 2. The van der Waals surface area contributed by atoms with E-state index in [1.165, 1.54) is 30.6 Å². The van der Waals surface area contributed by atoms with Crippen LogP contribution in [0.15, 0.2) is 84.9 Å². The lowest BCUT2D eigenvalue weighted by atomic mass is 9.82. The van der Waals surface area contributed by atoms with Gasteiger partial charge in [-0.2, -0.15) is 0 Å². The Morgan fingerprint density at radius 1 is 0.808 bits per heavy atom. The highest BCUT2D eigenvalue weighted by molar-refractivity contribution is 7.16. The number of benzene rings is 4. The first kappa shape index (κ1) is 42.4. The van der Waals surface area contributed by atoms with Crippen LogP contribution in [0.4, 0.5) is 17.6 Å². The molecule has 0 saturated carbocycles. The van der Waals surface area contributed by atoms with Crippen LogP contribution in [0.25, 0.3) is 0 Å². The molecule has 0 bridgehead atoms. The summed E-state index contributed by atoms with van der Waals surface area (Å²) in [7, 11) is 2.63. The molecule has 2 saturated heterocycles. The van der Waals surface area contributed by atoms with Gasteiger partial charge in [-0.15, -0.1) is 20.8 Å². The number of ether oxygens (including phenoxy) is 2. The second-order valence-electron chi connectivity index (χ2n) is 12.4. The van der Waals surface area contributed by atoms with Crippen LogP contribution >= 0.6 is 44.0 Å². The van der Waals surface area contributed by atoms with Gasteiger partial charge in [-0.3, -0.25) is 4.90 Å². The number of nitrogens with one attached hydrogen (secondary N) is 1. The summed E-state index contributed by atoms with van der Waals surface area (Å²) in [4.78, 5) is 2.10. The molecule has 52 heavy (non-hydrogen) atoms. The Kier molecular flexibility index (Phi) is 16.2. The summed E-state index contributed by atoms with van der Waals surface area (Å²) in [6, 6.07) is 20.7. The maximum Gasteiger partial charge on any atom is 0.131 e. The third-order valence-electron chi connectivity index (χ3n) is 9.21. The number of nitrogens with zero attached hydrogens (tertiary/aromatic N) is 1. The maximum atomic E-state index is 14.3. The molecular formula is C38H42Cl3F4N2O4P. The number of hydrogen-bond acceptors (Lipinski definition) is 6. The van der Waals surface area contributed by atoms with Crippen molar-refractivity contribution >= 4 is 44.0 Å². The molecule has 2 heterocycles. The fraction of sp³-hybridized carbons (Fsp3) is 0.368. The van der Waals surface area contributed by atoms with Crippen molar-refractivity contribution in [1.82, 2.24) is 10.2 Å². The summed E-state index contributed by atoms with van der Waals surface area (Å²) in [5.41, 5.74) is -0.255. The highest BCUT2D eigenvalue weighted by Crippen LogP contribution is 2.39. The summed E-state index contributed by atoms with van der Waals surface area (Å²) in [6.07, 6.45) is 1.95. The minimum Gasteiger partial charge on any atom is -0.388 e. The molecule has 4 aromatic carbocycles. The number of halogens is 7. The first-order chi connectivity index (χ1) is 24.9. The maximum absolute atomic E-state index is 14.3. The summed E-state index contributed by atoms with van der Waals surface area (Å²) in [6.45, 7) is 2.01. The molecule has 2 aliphatic heterocycles. The molecule has 14 heteroatoms. The molecule has 1 unspecified atom stereocenters. The van der Waals surface area contributed by atoms with Gasteiger partial charge in [-0.25, -0.2) is 17.6 Å². The van der Waals surface area contributed by atoms with Gasteiger partial charge in [0.1, 0.15) is 40.6 Å². The summed E-state index contributed by atoms with van der Waals surface area (Å²) < 4.78 is 67.4. The van der Waals surface area contributed by atoms with Crippen LogP contribution in [0.3, 0.4) is 0 Å². The predicted octanol–water partition coefficient (Wildman–Crippen LogP) is 8.17. The van der Waals surface area contributed by atoms with E-state index in [4.69, 9.17) is 32.7 Å². The molecule has 2 aliphatic rings. The van der Waals surface area contributed by atoms with Crippen LogP contribution < -0.4 is 5.32 Å². The standard InChI is InChI=1S/C25H22ClF4NO2.C12H17ClNO2P.CH3Cl/c26-19-5-3-18(4-6-19)25(33-15-17-2-8-21(28)12-23(17)30)9-10-31-13-24(25)32-14-16-1-7-20(27)11-22(16)29;13-10-3-1-9(2-4-10)12(16)5-6-14(8-17)7-11(12)15;1-2/h1-8,11-12,24,31H,9-10,13-15H2;1-4,11,15-16H,5-8,17H2;1H3/t24-,25-;11-,12-;/m11./s1. The highest BCUT2D eigenvalue weighted by atomic mass is 35.5. The zero-order valence-electron chi connectivity index (χ0n) is 28.5. The fourth-order valence-corrected chi connectivity index (χ4v) is 6.82. The molecule has 0 radical (unpaired) electrons. The number of aliphatic hydroxyl groups excluding tert-OH is 1. The average molecular weight is 804 g/mol. The molecule has 6 rings (SSSR count). The van der Waals surface area contributed by atoms with Crippen LogP contribution in [0, 0.1) is 23.3 Å². The molecule has 0 aromatic heterocycles. The van der Waals surface area contributed by atoms with Crippen LogP contribution in [-0.2, 0) is 33.9 Å². The van der Waals surface area contributed by atoms with E-state index < -0.39 is 46.7 Å². The lowest BCUT2D eigenvalue weighted by Gasteiger charge is -2.44. The first-order valence-electron chi connectivity index (χ1n) is 16.5. The lowest BCUT2D eigenvalue weighted by Crippen LogP contribution is -2.54. The van der Waals surface area contributed by atoms with Crippen molar-refractivity contribution in [2.45, 2.75) is 49.5 Å². The third kappa shape index (κ3) is 10.7. The SMILES string of the molecule is CCl.Fc1ccc(CO[C@@H]2CNCC[C@@]2(OCc2ccc(F)cc2F)c2ccc(Cl)cc2)c(F)c1.O[C@@H]1CN(CP)CC[C@@]1(O)c1ccc(Cl)cc1. The molecule has 6 nitrogen and oxygen atoms in total. The summed E-state index contributed by atoms with van der Waals surface area (Å²) >= 11 is 16.5. The third-order valence-corrected chi connectivity index (χ3v) is 10.2. The van der Waals surface area contributed by atoms with Gasteiger partial charge < -0.3 is 25.0 Å². The molecule has 3 N–H and O–H groups in total. The monoisotopic (exact) mass is 802 g/mol. The van der Waals surface area contributed by atoms with E-state index in [2.05, 4.69) is 31.1 Å². The largest absolute Gasteiger partial charge is 0.388 e. The normalized spacial score (nSPS) is 23.2. The van der Waals surface area contributed by atoms with Crippen molar-refractivity contribution in [3.05, 3.63) is 140 Å². The minimum absolute atomic E-state index is 0.109. The molecule has 5 atom stereocenters. The van der Waals surface area contributed by atoms with Crippen molar-refractivity contribution in [3.8, 4) is 0 Å². The molecule has 4 aromatic rings. The Hall–Kier alpha value is -2.34. The minimum atomic E-state index is -1.15. The quantitative estimate of drug-likeness (QED) is 0.0902. The van der Waals surface area contributed by atoms with Crippen LogP contribution in [0.5, 0.6) is 0 Å². The molecular weight excluding hydrogens is 762 g/mol. The van der Waals surface area contributed by atoms with Crippen molar-refractivity contribution in [3.63, 3.8) is 0 Å². The predicted molar refractivity (Wildman–Crippen MR) is 201 cm³/mol. The van der Waals surface area contributed by atoms with Crippen molar-refractivity contribution < 1.29 is 37.2 Å². The van der Waals surface area contributed by atoms with Gasteiger partial charge in [0.2, 0.25) is 0 Å². The van der Waals surface area contributed by atoms with Crippen molar-refractivity contribution in [2.75, 3.05) is 38.8 Å². The van der Waals surface area contributed by atoms with E-state index in [0.29, 0.717) is 42.5 Å².